The van der Waals surface area contributed by atoms with E-state index >= 15 is 4.39 Å². The number of carbonyl (C=O) groups excluding carboxylic acids is 1. The van der Waals surface area contributed by atoms with Crippen LogP contribution in [0.2, 0.25) is 0 Å². The third-order valence-electron chi connectivity index (χ3n) is 9.60. The highest BCUT2D eigenvalue weighted by molar-refractivity contribution is 7.17. The van der Waals surface area contributed by atoms with E-state index in [9.17, 15) is 19.1 Å². The molecule has 224 valence electrons. The van der Waals surface area contributed by atoms with Crippen LogP contribution in [0.5, 0.6) is 0 Å². The maximum atomic E-state index is 16.4. The number of nitrogens with one attached hydrogen (secondary N) is 1. The summed E-state index contributed by atoms with van der Waals surface area (Å²) < 4.78 is 30.6. The normalized spacial score (nSPS) is 24.1. The average molecular weight is 607 g/mol. The minimum atomic E-state index is -0.835. The van der Waals surface area contributed by atoms with E-state index in [4.69, 9.17) is 0 Å². The van der Waals surface area contributed by atoms with E-state index in [-0.39, 0.29) is 47.3 Å². The third kappa shape index (κ3) is 5.10. The number of amides is 1. The van der Waals surface area contributed by atoms with Gasteiger partial charge in [0, 0.05) is 43.3 Å². The second-order valence-electron chi connectivity index (χ2n) is 12.1. The number of aromatic nitrogens is 4. The largest absolute Gasteiger partial charge is 0.481 e. The van der Waals surface area contributed by atoms with Crippen molar-refractivity contribution in [2.24, 2.45) is 23.7 Å². The van der Waals surface area contributed by atoms with Gasteiger partial charge in [-0.15, -0.1) is 11.3 Å². The van der Waals surface area contributed by atoms with Crippen LogP contribution in [0.25, 0.3) is 33.0 Å². The number of likely N-dealkylation sites (N-methyl/N-ethyl adjacent to an activating group) is 1. The summed E-state index contributed by atoms with van der Waals surface area (Å²) in [6, 6.07) is 4.73. The number of carbonyl (C=O) groups is 2. The standard InChI is InChI=1S/C31H32F2N6O3S/c1-38-8-10-39(11-9-38)30(40)24-7-6-23(43-24)27-26(33)22(13-19-16-2-4-17(5-3-16)25(19)31(41)42)36-29(37-27)21-15-35-28-20(21)12-18(32)14-34-28/h6-7,12,14-17,19,25H,2-5,8-11,13H2,1H3,(H,34,35)(H,41,42)/t16?,17?,19-,25-/m0/s1. The summed E-state index contributed by atoms with van der Waals surface area (Å²) in [5.74, 6) is -2.39. The lowest BCUT2D eigenvalue weighted by molar-refractivity contribution is -0.152. The molecule has 4 aromatic heterocycles. The zero-order chi connectivity index (χ0) is 29.8. The molecule has 4 aliphatic rings. The average Bonchev–Trinajstić information content (AvgIpc) is 3.66. The van der Waals surface area contributed by atoms with E-state index in [1.807, 2.05) is 7.05 Å². The highest BCUT2D eigenvalue weighted by atomic mass is 32.1. The predicted octanol–water partition coefficient (Wildman–Crippen LogP) is 5.09. The van der Waals surface area contributed by atoms with Crippen molar-refractivity contribution in [1.82, 2.24) is 29.7 Å². The van der Waals surface area contributed by atoms with E-state index < -0.39 is 23.5 Å². The van der Waals surface area contributed by atoms with Crippen molar-refractivity contribution in [3.8, 4) is 22.0 Å². The van der Waals surface area contributed by atoms with Gasteiger partial charge in [-0.25, -0.2) is 23.7 Å². The van der Waals surface area contributed by atoms with Gasteiger partial charge in [0.2, 0.25) is 0 Å². The Balaban J connectivity index is 1.30. The molecule has 2 bridgehead atoms. The van der Waals surface area contributed by atoms with Crippen LogP contribution >= 0.6 is 11.3 Å². The fraction of sp³-hybridized carbons (Fsp3) is 0.452. The summed E-state index contributed by atoms with van der Waals surface area (Å²) in [5, 5.41) is 10.6. The van der Waals surface area contributed by atoms with Crippen LogP contribution < -0.4 is 0 Å². The molecule has 8 rings (SSSR count). The van der Waals surface area contributed by atoms with Gasteiger partial charge in [0.1, 0.15) is 17.2 Å². The number of nitrogens with zero attached hydrogens (tertiary/aromatic N) is 5. The predicted molar refractivity (Wildman–Crippen MR) is 158 cm³/mol. The van der Waals surface area contributed by atoms with Crippen molar-refractivity contribution in [2.45, 2.75) is 32.1 Å². The molecule has 0 unspecified atom stereocenters. The lowest BCUT2D eigenvalue weighted by Gasteiger charge is -2.46. The van der Waals surface area contributed by atoms with Crippen LogP contribution in [0.1, 0.15) is 41.0 Å². The molecule has 0 spiro atoms. The highest BCUT2D eigenvalue weighted by Crippen LogP contribution is 2.50. The number of hydrogen-bond acceptors (Lipinski definition) is 7. The van der Waals surface area contributed by atoms with E-state index in [0.717, 1.165) is 45.0 Å². The Labute approximate surface area is 251 Å². The highest BCUT2D eigenvalue weighted by Gasteiger charge is 2.47. The molecule has 1 saturated heterocycles. The fourth-order valence-electron chi connectivity index (χ4n) is 7.30. The molecule has 4 aromatic rings. The molecule has 5 heterocycles. The molecule has 2 N–H and O–H groups in total. The first-order chi connectivity index (χ1) is 20.8. The number of aromatic amines is 1. The Morgan fingerprint density at radius 3 is 2.56 bits per heavy atom. The summed E-state index contributed by atoms with van der Waals surface area (Å²) in [4.78, 5) is 46.9. The summed E-state index contributed by atoms with van der Waals surface area (Å²) in [6.45, 7) is 2.83. The number of piperazine rings is 1. The van der Waals surface area contributed by atoms with Crippen molar-refractivity contribution in [3.05, 3.63) is 52.8 Å². The SMILES string of the molecule is CN1CCN(C(=O)c2ccc(-c3nc(-c4c[nH]c5ncc(F)cc45)nc(C[C@H]4C5CCC(CC5)[C@@H]4C(=O)O)c3F)s2)CC1. The van der Waals surface area contributed by atoms with Crippen LogP contribution in [-0.2, 0) is 11.2 Å². The molecule has 2 atom stereocenters. The number of hydrogen-bond donors (Lipinski definition) is 2. The van der Waals surface area contributed by atoms with Crippen molar-refractivity contribution in [2.75, 3.05) is 33.2 Å². The Hall–Kier alpha value is -3.77. The topological polar surface area (TPSA) is 115 Å². The molecule has 3 aliphatic carbocycles. The van der Waals surface area contributed by atoms with Gasteiger partial charge in [-0.3, -0.25) is 9.59 Å². The number of halogens is 2. The van der Waals surface area contributed by atoms with E-state index in [1.54, 1.807) is 23.2 Å². The van der Waals surface area contributed by atoms with E-state index in [0.29, 0.717) is 39.4 Å². The summed E-state index contributed by atoms with van der Waals surface area (Å²) in [6.07, 6.45) is 6.53. The first-order valence-corrected chi connectivity index (χ1v) is 15.6. The van der Waals surface area contributed by atoms with Crippen molar-refractivity contribution in [1.29, 1.82) is 0 Å². The van der Waals surface area contributed by atoms with Gasteiger partial charge < -0.3 is 19.9 Å². The molecule has 3 saturated carbocycles. The zero-order valence-electron chi connectivity index (χ0n) is 23.7. The van der Waals surface area contributed by atoms with Gasteiger partial charge in [0.15, 0.2) is 11.6 Å². The van der Waals surface area contributed by atoms with Gasteiger partial charge in [0.25, 0.3) is 5.91 Å². The summed E-state index contributed by atoms with van der Waals surface area (Å²) >= 11 is 1.18. The Kier molecular flexibility index (Phi) is 7.21. The van der Waals surface area contributed by atoms with E-state index in [2.05, 4.69) is 24.8 Å². The number of carboxylic acid groups (broad SMARTS) is 1. The minimum absolute atomic E-state index is 0.0500. The number of pyridine rings is 1. The van der Waals surface area contributed by atoms with Gasteiger partial charge in [-0.2, -0.15) is 0 Å². The molecule has 1 aliphatic heterocycles. The molecule has 0 radical (unpaired) electrons. The fourth-order valence-corrected chi connectivity index (χ4v) is 8.26. The second-order valence-corrected chi connectivity index (χ2v) is 13.2. The summed E-state index contributed by atoms with van der Waals surface area (Å²) in [7, 11) is 2.02. The Morgan fingerprint density at radius 2 is 1.81 bits per heavy atom. The molecule has 9 nitrogen and oxygen atoms in total. The van der Waals surface area contributed by atoms with Crippen molar-refractivity contribution in [3.63, 3.8) is 0 Å². The number of H-pyrrole nitrogens is 1. The molecular formula is C31H32F2N6O3S. The summed E-state index contributed by atoms with van der Waals surface area (Å²) in [5.41, 5.74) is 1.10. The van der Waals surface area contributed by atoms with Crippen molar-refractivity contribution >= 4 is 34.2 Å². The van der Waals surface area contributed by atoms with Gasteiger partial charge in [-0.1, -0.05) is 0 Å². The van der Waals surface area contributed by atoms with Gasteiger partial charge in [0.05, 0.1) is 27.6 Å². The van der Waals surface area contributed by atoms with Crippen LogP contribution in [-0.4, -0.2) is 79.9 Å². The molecule has 43 heavy (non-hydrogen) atoms. The third-order valence-corrected chi connectivity index (χ3v) is 10.7. The van der Waals surface area contributed by atoms with E-state index in [1.165, 1.54) is 17.4 Å². The lowest BCUT2D eigenvalue weighted by atomic mass is 9.57. The Bertz CT molecular complexity index is 1710. The number of fused-ring (bicyclic) bond motifs is 4. The molecule has 0 aromatic carbocycles. The van der Waals surface area contributed by atoms with Crippen molar-refractivity contribution < 1.29 is 23.5 Å². The first kappa shape index (κ1) is 28.0. The molecule has 4 fully saturated rings. The van der Waals surface area contributed by atoms with Crippen LogP contribution in [0.15, 0.2) is 30.6 Å². The van der Waals surface area contributed by atoms with Crippen LogP contribution in [0.4, 0.5) is 8.78 Å². The minimum Gasteiger partial charge on any atom is -0.481 e. The van der Waals surface area contributed by atoms with Gasteiger partial charge >= 0.3 is 5.97 Å². The smallest absolute Gasteiger partial charge is 0.307 e. The monoisotopic (exact) mass is 606 g/mol. The van der Waals surface area contributed by atoms with Crippen LogP contribution in [0, 0.1) is 35.3 Å². The Morgan fingerprint density at radius 1 is 1.07 bits per heavy atom. The molecule has 12 heteroatoms. The number of aliphatic carboxylic acids is 1. The number of carboxylic acids is 1. The zero-order valence-corrected chi connectivity index (χ0v) is 24.5. The van der Waals surface area contributed by atoms with Gasteiger partial charge in [-0.05, 0) is 75.1 Å². The maximum absolute atomic E-state index is 16.4. The molecule has 1 amide bonds. The van der Waals surface area contributed by atoms with Crippen LogP contribution in [0.3, 0.4) is 0 Å². The number of rotatable bonds is 6. The second kappa shape index (κ2) is 11.1. The lowest BCUT2D eigenvalue weighted by Crippen LogP contribution is -2.46. The number of thiophene rings is 1. The maximum Gasteiger partial charge on any atom is 0.307 e. The quantitative estimate of drug-likeness (QED) is 0.314. The first-order valence-electron chi connectivity index (χ1n) is 14.8. The molecular weight excluding hydrogens is 574 g/mol.